The van der Waals surface area contributed by atoms with Crippen molar-refractivity contribution >= 4 is 11.8 Å². The average molecular weight is 481 g/mol. The van der Waals surface area contributed by atoms with E-state index < -0.39 is 24.2 Å². The van der Waals surface area contributed by atoms with Gasteiger partial charge in [-0.15, -0.1) is 0 Å². The van der Waals surface area contributed by atoms with Crippen LogP contribution in [0.1, 0.15) is 56.4 Å². The SMILES string of the molecule is O=C(NCCO)C1=CC(N(CC2CC2)C(=O)CC2CC3CCC2C3)C(O)C2Oc3ccccc3C12. The quantitative estimate of drug-likeness (QED) is 0.531. The van der Waals surface area contributed by atoms with Crippen molar-refractivity contribution in [3.8, 4) is 5.75 Å². The molecule has 188 valence electrons. The highest BCUT2D eigenvalue weighted by Gasteiger charge is 2.51. The predicted octanol–water partition coefficient (Wildman–Crippen LogP) is 2.37. The smallest absolute Gasteiger partial charge is 0.247 e. The summed E-state index contributed by atoms with van der Waals surface area (Å²) >= 11 is 0. The van der Waals surface area contributed by atoms with Crippen molar-refractivity contribution in [3.63, 3.8) is 0 Å². The second-order valence-electron chi connectivity index (χ2n) is 11.3. The van der Waals surface area contributed by atoms with Crippen LogP contribution < -0.4 is 10.1 Å². The molecule has 1 heterocycles. The van der Waals surface area contributed by atoms with Gasteiger partial charge in [0.25, 0.3) is 0 Å². The molecule has 3 saturated carbocycles. The molecule has 7 atom stereocenters. The molecule has 1 aromatic rings. The molecule has 2 amide bonds. The number of nitrogens with one attached hydrogen (secondary N) is 1. The number of hydrogen-bond acceptors (Lipinski definition) is 5. The number of ether oxygens (including phenoxy) is 1. The lowest BCUT2D eigenvalue weighted by molar-refractivity contribution is -0.139. The van der Waals surface area contributed by atoms with Crippen LogP contribution in [0.4, 0.5) is 0 Å². The number of benzene rings is 1. The van der Waals surface area contributed by atoms with Gasteiger partial charge >= 0.3 is 0 Å². The summed E-state index contributed by atoms with van der Waals surface area (Å²) in [6.45, 7) is 0.619. The Labute approximate surface area is 206 Å². The zero-order valence-electron chi connectivity index (χ0n) is 20.1. The number of aliphatic hydroxyl groups excluding tert-OH is 2. The Kier molecular flexibility index (Phi) is 6.09. The maximum Gasteiger partial charge on any atom is 0.247 e. The lowest BCUT2D eigenvalue weighted by Crippen LogP contribution is -2.56. The minimum absolute atomic E-state index is 0.0961. The number of nitrogens with zero attached hydrogens (tertiary/aromatic N) is 1. The molecular weight excluding hydrogens is 444 g/mol. The first-order chi connectivity index (χ1) is 17.0. The van der Waals surface area contributed by atoms with Gasteiger partial charge in [-0.3, -0.25) is 9.59 Å². The van der Waals surface area contributed by atoms with Crippen LogP contribution in [0.5, 0.6) is 5.75 Å². The van der Waals surface area contributed by atoms with Crippen LogP contribution >= 0.6 is 0 Å². The summed E-state index contributed by atoms with van der Waals surface area (Å²) in [7, 11) is 0. The van der Waals surface area contributed by atoms with Crippen LogP contribution in [0.2, 0.25) is 0 Å². The van der Waals surface area contributed by atoms with Crippen molar-refractivity contribution < 1.29 is 24.5 Å². The van der Waals surface area contributed by atoms with Gasteiger partial charge in [0.2, 0.25) is 11.8 Å². The van der Waals surface area contributed by atoms with E-state index in [1.54, 1.807) is 0 Å². The summed E-state index contributed by atoms with van der Waals surface area (Å²) in [5.74, 6) is 2.44. The Morgan fingerprint density at radius 2 is 1.94 bits per heavy atom. The van der Waals surface area contributed by atoms with Crippen molar-refractivity contribution in [3.05, 3.63) is 41.5 Å². The molecular formula is C28H36N2O5. The second kappa shape index (κ2) is 9.25. The third-order valence-corrected chi connectivity index (χ3v) is 9.03. The van der Waals surface area contributed by atoms with Crippen molar-refractivity contribution in [2.24, 2.45) is 23.7 Å². The summed E-state index contributed by atoms with van der Waals surface area (Å²) in [6.07, 6.45) is 7.94. The van der Waals surface area contributed by atoms with Crippen LogP contribution in [0.3, 0.4) is 0 Å². The van der Waals surface area contributed by atoms with Crippen LogP contribution in [0.25, 0.3) is 0 Å². The number of carbonyl (C=O) groups excluding carboxylic acids is 2. The van der Waals surface area contributed by atoms with Crippen LogP contribution in [-0.2, 0) is 9.59 Å². The fourth-order valence-corrected chi connectivity index (χ4v) is 7.13. The van der Waals surface area contributed by atoms with Gasteiger partial charge in [-0.1, -0.05) is 24.6 Å². The number of carbonyl (C=O) groups is 2. The van der Waals surface area contributed by atoms with Crippen molar-refractivity contribution in [1.82, 2.24) is 10.2 Å². The van der Waals surface area contributed by atoms with Gasteiger partial charge in [0, 0.05) is 30.6 Å². The number of rotatable bonds is 8. The molecule has 35 heavy (non-hydrogen) atoms. The Hall–Kier alpha value is -2.38. The van der Waals surface area contributed by atoms with Crippen LogP contribution in [0, 0.1) is 23.7 Å². The van der Waals surface area contributed by atoms with E-state index in [1.165, 1.54) is 19.3 Å². The largest absolute Gasteiger partial charge is 0.486 e. The van der Waals surface area contributed by atoms with E-state index in [0.717, 1.165) is 30.7 Å². The second-order valence-corrected chi connectivity index (χ2v) is 11.3. The van der Waals surface area contributed by atoms with Crippen molar-refractivity contribution in [2.75, 3.05) is 19.7 Å². The van der Waals surface area contributed by atoms with E-state index in [-0.39, 0.29) is 25.0 Å². The van der Waals surface area contributed by atoms with Crippen molar-refractivity contribution in [1.29, 1.82) is 0 Å². The van der Waals surface area contributed by atoms with Crippen LogP contribution in [0.15, 0.2) is 35.9 Å². The molecule has 4 aliphatic carbocycles. The zero-order valence-corrected chi connectivity index (χ0v) is 20.1. The minimum Gasteiger partial charge on any atom is -0.486 e. The number of aliphatic hydroxyl groups is 2. The molecule has 1 aliphatic heterocycles. The summed E-state index contributed by atoms with van der Waals surface area (Å²) in [6, 6.07) is 6.98. The number of hydrogen-bond donors (Lipinski definition) is 3. The molecule has 0 radical (unpaired) electrons. The normalized spacial score (nSPS) is 34.6. The number of amides is 2. The van der Waals surface area contributed by atoms with E-state index in [1.807, 2.05) is 35.2 Å². The van der Waals surface area contributed by atoms with E-state index in [2.05, 4.69) is 5.32 Å². The van der Waals surface area contributed by atoms with Gasteiger partial charge in [-0.05, 0) is 67.9 Å². The molecule has 5 aliphatic rings. The molecule has 3 N–H and O–H groups in total. The Bertz CT molecular complexity index is 1020. The molecule has 0 saturated heterocycles. The van der Waals surface area contributed by atoms with Gasteiger partial charge < -0.3 is 25.2 Å². The molecule has 0 spiro atoms. The van der Waals surface area contributed by atoms with Gasteiger partial charge in [-0.25, -0.2) is 0 Å². The van der Waals surface area contributed by atoms with Gasteiger partial charge in [-0.2, -0.15) is 0 Å². The Morgan fingerprint density at radius 3 is 2.66 bits per heavy atom. The molecule has 3 fully saturated rings. The first kappa shape index (κ1) is 23.0. The van der Waals surface area contributed by atoms with Gasteiger partial charge in [0.15, 0.2) is 0 Å². The summed E-state index contributed by atoms with van der Waals surface area (Å²) in [4.78, 5) is 28.8. The summed E-state index contributed by atoms with van der Waals surface area (Å²) < 4.78 is 6.20. The molecule has 0 aromatic heterocycles. The molecule has 7 heteroatoms. The van der Waals surface area contributed by atoms with Gasteiger partial charge in [0.1, 0.15) is 18.0 Å². The first-order valence-electron chi connectivity index (χ1n) is 13.4. The Morgan fingerprint density at radius 1 is 1.11 bits per heavy atom. The summed E-state index contributed by atoms with van der Waals surface area (Å²) in [5, 5.41) is 23.6. The van der Waals surface area contributed by atoms with E-state index in [0.29, 0.717) is 42.0 Å². The third kappa shape index (κ3) is 4.27. The minimum atomic E-state index is -0.926. The fourth-order valence-electron chi connectivity index (χ4n) is 7.13. The monoisotopic (exact) mass is 480 g/mol. The van der Waals surface area contributed by atoms with Gasteiger partial charge in [0.05, 0.1) is 18.6 Å². The van der Waals surface area contributed by atoms with Crippen LogP contribution in [-0.4, -0.2) is 64.9 Å². The molecule has 6 rings (SSSR count). The zero-order chi connectivity index (χ0) is 24.1. The summed E-state index contributed by atoms with van der Waals surface area (Å²) in [5.41, 5.74) is 1.39. The van der Waals surface area contributed by atoms with E-state index >= 15 is 0 Å². The predicted molar refractivity (Wildman–Crippen MR) is 130 cm³/mol. The number of fused-ring (bicyclic) bond motifs is 5. The lowest BCUT2D eigenvalue weighted by Gasteiger charge is -2.41. The highest BCUT2D eigenvalue weighted by atomic mass is 16.5. The Balaban J connectivity index is 1.31. The van der Waals surface area contributed by atoms with E-state index in [9.17, 15) is 19.8 Å². The molecule has 7 nitrogen and oxygen atoms in total. The third-order valence-electron chi connectivity index (χ3n) is 9.03. The topological polar surface area (TPSA) is 99.1 Å². The first-order valence-corrected chi connectivity index (χ1v) is 13.4. The molecule has 2 bridgehead atoms. The van der Waals surface area contributed by atoms with Crippen molar-refractivity contribution in [2.45, 2.75) is 69.1 Å². The fraction of sp³-hybridized carbons (Fsp3) is 0.643. The average Bonchev–Trinajstić information content (AvgIpc) is 3.25. The van der Waals surface area contributed by atoms with E-state index in [4.69, 9.17) is 4.74 Å². The highest BCUT2D eigenvalue weighted by Crippen LogP contribution is 2.51. The lowest BCUT2D eigenvalue weighted by atomic mass is 9.77. The maximum atomic E-state index is 13.8. The number of para-hydroxylation sites is 1. The standard InChI is InChI=1S/C28H36N2O5/c31-10-9-29-28(34)21-14-22(26(33)27-25(21)20-3-1-2-4-23(20)35-27)30(15-16-5-6-16)24(32)13-19-12-17-7-8-18(19)11-17/h1-4,14,16-19,22,25-27,31,33H,5-13,15H2,(H,29,34). The molecule has 1 aromatic carbocycles. The highest BCUT2D eigenvalue weighted by molar-refractivity contribution is 5.96. The molecule has 7 unspecified atom stereocenters. The maximum absolute atomic E-state index is 13.8.